The second-order valence-electron chi connectivity index (χ2n) is 3.97. The molecule has 0 heterocycles. The molecule has 16 heavy (non-hydrogen) atoms. The Kier molecular flexibility index (Phi) is 4.65. The third kappa shape index (κ3) is 2.90. The molecule has 1 rings (SSSR count). The second kappa shape index (κ2) is 5.77. The lowest BCUT2D eigenvalue weighted by Crippen LogP contribution is -2.36. The molecular weight excluding hydrogens is 204 g/mol. The summed E-state index contributed by atoms with van der Waals surface area (Å²) in [5.41, 5.74) is 0.529. The van der Waals surface area contributed by atoms with E-state index in [1.807, 2.05) is 6.07 Å². The first-order valence-electron chi connectivity index (χ1n) is 5.53. The predicted molar refractivity (Wildman–Crippen MR) is 62.2 cm³/mol. The van der Waals surface area contributed by atoms with Gasteiger partial charge in [-0.1, -0.05) is 37.3 Å². The number of Topliss-reactive ketones (excluding diaryl/α,β-unsaturated/α-hetero) is 1. The SMILES string of the molecule is CC[C@@H](O)[C@H](C(=O)c1ccccc1)[C@H](C)O. The van der Waals surface area contributed by atoms with E-state index in [0.29, 0.717) is 12.0 Å². The topological polar surface area (TPSA) is 57.5 Å². The number of carbonyl (C=O) groups excluding carboxylic acids is 1. The van der Waals surface area contributed by atoms with E-state index in [9.17, 15) is 15.0 Å². The van der Waals surface area contributed by atoms with Crippen molar-refractivity contribution in [2.75, 3.05) is 0 Å². The van der Waals surface area contributed by atoms with Crippen LogP contribution in [0.15, 0.2) is 30.3 Å². The lowest BCUT2D eigenvalue weighted by Gasteiger charge is -2.23. The van der Waals surface area contributed by atoms with Gasteiger partial charge in [-0.3, -0.25) is 4.79 Å². The molecule has 0 unspecified atom stereocenters. The van der Waals surface area contributed by atoms with Gasteiger partial charge in [0.2, 0.25) is 0 Å². The number of aliphatic hydroxyl groups is 2. The van der Waals surface area contributed by atoms with E-state index >= 15 is 0 Å². The van der Waals surface area contributed by atoms with Crippen LogP contribution >= 0.6 is 0 Å². The van der Waals surface area contributed by atoms with E-state index < -0.39 is 18.1 Å². The van der Waals surface area contributed by atoms with Crippen molar-refractivity contribution in [2.24, 2.45) is 5.92 Å². The maximum absolute atomic E-state index is 12.1. The van der Waals surface area contributed by atoms with Crippen molar-refractivity contribution >= 4 is 5.78 Å². The van der Waals surface area contributed by atoms with Crippen molar-refractivity contribution in [1.82, 2.24) is 0 Å². The Hall–Kier alpha value is -1.19. The Morgan fingerprint density at radius 3 is 2.25 bits per heavy atom. The van der Waals surface area contributed by atoms with Crippen LogP contribution in [-0.4, -0.2) is 28.2 Å². The molecule has 0 aliphatic carbocycles. The molecule has 0 bridgehead atoms. The van der Waals surface area contributed by atoms with Crippen LogP contribution < -0.4 is 0 Å². The van der Waals surface area contributed by atoms with Gasteiger partial charge in [0, 0.05) is 5.56 Å². The van der Waals surface area contributed by atoms with Gasteiger partial charge >= 0.3 is 0 Å². The van der Waals surface area contributed by atoms with Crippen LogP contribution in [0.4, 0.5) is 0 Å². The van der Waals surface area contributed by atoms with E-state index in [1.165, 1.54) is 6.92 Å². The van der Waals surface area contributed by atoms with Gasteiger partial charge in [0.15, 0.2) is 5.78 Å². The zero-order valence-corrected chi connectivity index (χ0v) is 9.63. The van der Waals surface area contributed by atoms with Crippen molar-refractivity contribution < 1.29 is 15.0 Å². The molecular formula is C13H18O3. The third-order valence-electron chi connectivity index (χ3n) is 2.71. The van der Waals surface area contributed by atoms with Crippen LogP contribution in [0.1, 0.15) is 30.6 Å². The van der Waals surface area contributed by atoms with E-state index in [4.69, 9.17) is 0 Å². The number of ketones is 1. The molecule has 0 radical (unpaired) electrons. The maximum Gasteiger partial charge on any atom is 0.171 e. The highest BCUT2D eigenvalue weighted by Gasteiger charge is 2.30. The lowest BCUT2D eigenvalue weighted by atomic mass is 9.87. The minimum absolute atomic E-state index is 0.204. The standard InChI is InChI=1S/C13H18O3/c1-3-11(15)12(9(2)14)13(16)10-7-5-4-6-8-10/h4-9,11-12,14-15H,3H2,1-2H3/t9-,11+,12+/m0/s1. The Balaban J connectivity index is 2.92. The van der Waals surface area contributed by atoms with Gasteiger partial charge in [-0.2, -0.15) is 0 Å². The monoisotopic (exact) mass is 222 g/mol. The van der Waals surface area contributed by atoms with Gasteiger partial charge in [0.05, 0.1) is 18.1 Å². The second-order valence-corrected chi connectivity index (χ2v) is 3.97. The largest absolute Gasteiger partial charge is 0.393 e. The van der Waals surface area contributed by atoms with Gasteiger partial charge < -0.3 is 10.2 Å². The summed E-state index contributed by atoms with van der Waals surface area (Å²) in [5, 5.41) is 19.3. The summed E-state index contributed by atoms with van der Waals surface area (Å²) in [4.78, 5) is 12.1. The third-order valence-corrected chi connectivity index (χ3v) is 2.71. The molecule has 0 aromatic heterocycles. The normalized spacial score (nSPS) is 16.5. The smallest absolute Gasteiger partial charge is 0.171 e. The summed E-state index contributed by atoms with van der Waals surface area (Å²) < 4.78 is 0. The Bertz CT molecular complexity index is 332. The summed E-state index contributed by atoms with van der Waals surface area (Å²) >= 11 is 0. The molecule has 2 N–H and O–H groups in total. The molecule has 0 fully saturated rings. The van der Waals surface area contributed by atoms with Crippen molar-refractivity contribution in [3.8, 4) is 0 Å². The number of aliphatic hydroxyl groups excluding tert-OH is 2. The molecule has 3 nitrogen and oxygen atoms in total. The Morgan fingerprint density at radius 2 is 1.81 bits per heavy atom. The maximum atomic E-state index is 12.1. The number of benzene rings is 1. The highest BCUT2D eigenvalue weighted by atomic mass is 16.3. The van der Waals surface area contributed by atoms with Gasteiger partial charge in [0.25, 0.3) is 0 Å². The molecule has 3 heteroatoms. The van der Waals surface area contributed by atoms with Crippen LogP contribution in [0.3, 0.4) is 0 Å². The molecule has 0 aliphatic rings. The minimum Gasteiger partial charge on any atom is -0.393 e. The molecule has 0 saturated carbocycles. The van der Waals surface area contributed by atoms with Gasteiger partial charge in [-0.05, 0) is 13.3 Å². The average Bonchev–Trinajstić information content (AvgIpc) is 2.29. The fourth-order valence-electron chi connectivity index (χ4n) is 1.76. The molecule has 0 amide bonds. The van der Waals surface area contributed by atoms with Gasteiger partial charge in [-0.15, -0.1) is 0 Å². The lowest BCUT2D eigenvalue weighted by molar-refractivity contribution is 0.0217. The van der Waals surface area contributed by atoms with E-state index in [2.05, 4.69) is 0 Å². The van der Waals surface area contributed by atoms with Crippen molar-refractivity contribution in [3.63, 3.8) is 0 Å². The van der Waals surface area contributed by atoms with Gasteiger partial charge in [0.1, 0.15) is 0 Å². The van der Waals surface area contributed by atoms with Crippen molar-refractivity contribution in [3.05, 3.63) is 35.9 Å². The number of carbonyl (C=O) groups is 1. The quantitative estimate of drug-likeness (QED) is 0.744. The predicted octanol–water partition coefficient (Wildman–Crippen LogP) is 1.64. The molecule has 0 saturated heterocycles. The summed E-state index contributed by atoms with van der Waals surface area (Å²) in [6, 6.07) is 8.75. The van der Waals surface area contributed by atoms with E-state index in [0.717, 1.165) is 0 Å². The number of rotatable bonds is 5. The molecule has 0 aliphatic heterocycles. The van der Waals surface area contributed by atoms with Crippen LogP contribution in [0.25, 0.3) is 0 Å². The fraction of sp³-hybridized carbons (Fsp3) is 0.462. The highest BCUT2D eigenvalue weighted by Crippen LogP contribution is 2.18. The Morgan fingerprint density at radius 1 is 1.25 bits per heavy atom. The Labute approximate surface area is 95.7 Å². The van der Waals surface area contributed by atoms with E-state index in [-0.39, 0.29) is 5.78 Å². The summed E-state index contributed by atoms with van der Waals surface area (Å²) in [5.74, 6) is -0.947. The zero-order valence-electron chi connectivity index (χ0n) is 9.63. The van der Waals surface area contributed by atoms with E-state index in [1.54, 1.807) is 31.2 Å². The van der Waals surface area contributed by atoms with Crippen molar-refractivity contribution in [1.29, 1.82) is 0 Å². The summed E-state index contributed by atoms with van der Waals surface area (Å²) in [6.45, 7) is 3.32. The number of hydrogen-bond donors (Lipinski definition) is 2. The molecule has 1 aromatic carbocycles. The average molecular weight is 222 g/mol. The number of hydrogen-bond acceptors (Lipinski definition) is 3. The molecule has 88 valence electrons. The summed E-state index contributed by atoms with van der Waals surface area (Å²) in [7, 11) is 0. The first-order valence-corrected chi connectivity index (χ1v) is 5.53. The molecule has 3 atom stereocenters. The zero-order chi connectivity index (χ0) is 12.1. The van der Waals surface area contributed by atoms with Crippen molar-refractivity contribution in [2.45, 2.75) is 32.5 Å². The van der Waals surface area contributed by atoms with Crippen LogP contribution in [0, 0.1) is 5.92 Å². The first kappa shape index (κ1) is 12.9. The van der Waals surface area contributed by atoms with Gasteiger partial charge in [-0.25, -0.2) is 0 Å². The molecule has 0 spiro atoms. The van der Waals surface area contributed by atoms with Crippen LogP contribution in [0.2, 0.25) is 0 Å². The first-order chi connectivity index (χ1) is 7.57. The van der Waals surface area contributed by atoms with Crippen LogP contribution in [-0.2, 0) is 0 Å². The van der Waals surface area contributed by atoms with Crippen LogP contribution in [0.5, 0.6) is 0 Å². The minimum atomic E-state index is -0.845. The summed E-state index contributed by atoms with van der Waals surface area (Å²) in [6.07, 6.45) is -1.19. The molecule has 1 aromatic rings. The fourth-order valence-corrected chi connectivity index (χ4v) is 1.76. The highest BCUT2D eigenvalue weighted by molar-refractivity contribution is 5.98.